The first-order valence-electron chi connectivity index (χ1n) is 7.81. The first-order valence-corrected chi connectivity index (χ1v) is 7.81. The SMILES string of the molecule is CN1CCC[C@H]2[C@H](c3ccccc3F)c3ccccc3[C@H]21. The molecule has 1 heterocycles. The molecular weight excluding hydrogens is 261 g/mol. The van der Waals surface area contributed by atoms with Crippen molar-refractivity contribution in [3.8, 4) is 0 Å². The fourth-order valence-electron chi connectivity index (χ4n) is 4.44. The Morgan fingerprint density at radius 2 is 1.62 bits per heavy atom. The molecule has 0 unspecified atom stereocenters. The Balaban J connectivity index is 1.89. The third-order valence-electron chi connectivity index (χ3n) is 5.25. The van der Waals surface area contributed by atoms with Crippen molar-refractivity contribution in [2.45, 2.75) is 24.8 Å². The van der Waals surface area contributed by atoms with Crippen LogP contribution in [0.25, 0.3) is 0 Å². The van der Waals surface area contributed by atoms with Crippen LogP contribution >= 0.6 is 0 Å². The largest absolute Gasteiger partial charge is 0.299 e. The van der Waals surface area contributed by atoms with Gasteiger partial charge in [-0.25, -0.2) is 4.39 Å². The molecule has 108 valence electrons. The van der Waals surface area contributed by atoms with Crippen LogP contribution in [0.3, 0.4) is 0 Å². The summed E-state index contributed by atoms with van der Waals surface area (Å²) in [5.74, 6) is 0.638. The molecule has 0 radical (unpaired) electrons. The minimum Gasteiger partial charge on any atom is -0.299 e. The Morgan fingerprint density at radius 3 is 2.38 bits per heavy atom. The van der Waals surface area contributed by atoms with Crippen molar-refractivity contribution in [1.29, 1.82) is 0 Å². The van der Waals surface area contributed by atoms with Gasteiger partial charge in [-0.15, -0.1) is 0 Å². The highest BCUT2D eigenvalue weighted by Gasteiger charge is 2.45. The maximum Gasteiger partial charge on any atom is 0.127 e. The van der Waals surface area contributed by atoms with Crippen molar-refractivity contribution in [2.24, 2.45) is 5.92 Å². The highest BCUT2D eigenvalue weighted by atomic mass is 19.1. The lowest BCUT2D eigenvalue weighted by Gasteiger charge is -2.37. The van der Waals surface area contributed by atoms with Gasteiger partial charge in [0.2, 0.25) is 0 Å². The second-order valence-electron chi connectivity index (χ2n) is 6.36. The first kappa shape index (κ1) is 13.0. The molecule has 3 atom stereocenters. The van der Waals surface area contributed by atoms with E-state index >= 15 is 0 Å². The standard InChI is InChI=1S/C19H20FN/c1-21-12-6-10-16-18(15-9-4-5-11-17(15)20)13-7-2-3-8-14(13)19(16)21/h2-5,7-9,11,16,18-19H,6,10,12H2,1H3/t16-,18-,19+/m0/s1. The van der Waals surface area contributed by atoms with Crippen LogP contribution in [0.15, 0.2) is 48.5 Å². The van der Waals surface area contributed by atoms with Crippen LogP contribution in [0.4, 0.5) is 4.39 Å². The number of benzene rings is 2. The quantitative estimate of drug-likeness (QED) is 0.751. The highest BCUT2D eigenvalue weighted by molar-refractivity contribution is 5.46. The van der Waals surface area contributed by atoms with Gasteiger partial charge in [-0.05, 0) is 55.1 Å². The summed E-state index contributed by atoms with van der Waals surface area (Å²) in [5.41, 5.74) is 3.59. The van der Waals surface area contributed by atoms with Gasteiger partial charge in [-0.2, -0.15) is 0 Å². The molecule has 21 heavy (non-hydrogen) atoms. The topological polar surface area (TPSA) is 3.24 Å². The molecule has 2 aromatic carbocycles. The van der Waals surface area contributed by atoms with Gasteiger partial charge in [0.25, 0.3) is 0 Å². The third kappa shape index (κ3) is 1.93. The average Bonchev–Trinajstić information content (AvgIpc) is 2.83. The average molecular weight is 281 g/mol. The number of fused-ring (bicyclic) bond motifs is 3. The number of hydrogen-bond acceptors (Lipinski definition) is 1. The van der Waals surface area contributed by atoms with E-state index < -0.39 is 0 Å². The second-order valence-corrected chi connectivity index (χ2v) is 6.36. The van der Waals surface area contributed by atoms with E-state index in [1.54, 1.807) is 12.1 Å². The summed E-state index contributed by atoms with van der Waals surface area (Å²) in [6.07, 6.45) is 2.39. The molecule has 2 heteroatoms. The van der Waals surface area contributed by atoms with Crippen molar-refractivity contribution in [3.63, 3.8) is 0 Å². The number of piperidine rings is 1. The van der Waals surface area contributed by atoms with Crippen LogP contribution < -0.4 is 0 Å². The number of likely N-dealkylation sites (tertiary alicyclic amines) is 1. The summed E-state index contributed by atoms with van der Waals surface area (Å²) in [6, 6.07) is 16.4. The molecule has 0 N–H and O–H groups in total. The normalized spacial score (nSPS) is 28.2. The summed E-state index contributed by atoms with van der Waals surface area (Å²) >= 11 is 0. The zero-order valence-electron chi connectivity index (χ0n) is 12.3. The van der Waals surface area contributed by atoms with Gasteiger partial charge >= 0.3 is 0 Å². The molecule has 0 bridgehead atoms. The summed E-state index contributed by atoms with van der Waals surface area (Å²) in [7, 11) is 2.21. The Hall–Kier alpha value is -1.67. The molecule has 0 saturated carbocycles. The van der Waals surface area contributed by atoms with Gasteiger partial charge in [0.05, 0.1) is 0 Å². The lowest BCUT2D eigenvalue weighted by molar-refractivity contribution is 0.126. The van der Waals surface area contributed by atoms with Crippen molar-refractivity contribution in [1.82, 2.24) is 4.90 Å². The van der Waals surface area contributed by atoms with Gasteiger partial charge in [-0.1, -0.05) is 42.5 Å². The van der Waals surface area contributed by atoms with E-state index in [4.69, 9.17) is 0 Å². The van der Waals surface area contributed by atoms with Crippen LogP contribution in [0.5, 0.6) is 0 Å². The predicted octanol–water partition coefficient (Wildman–Crippen LogP) is 4.35. The predicted molar refractivity (Wildman–Crippen MR) is 82.8 cm³/mol. The van der Waals surface area contributed by atoms with E-state index in [0.29, 0.717) is 12.0 Å². The van der Waals surface area contributed by atoms with Crippen LogP contribution in [-0.2, 0) is 0 Å². The molecule has 1 saturated heterocycles. The van der Waals surface area contributed by atoms with E-state index in [2.05, 4.69) is 36.2 Å². The monoisotopic (exact) mass is 281 g/mol. The third-order valence-corrected chi connectivity index (χ3v) is 5.25. The fraction of sp³-hybridized carbons (Fsp3) is 0.368. The van der Waals surface area contributed by atoms with Crippen molar-refractivity contribution in [2.75, 3.05) is 13.6 Å². The summed E-state index contributed by atoms with van der Waals surface area (Å²) in [6.45, 7) is 1.14. The van der Waals surface area contributed by atoms with E-state index in [9.17, 15) is 4.39 Å². The number of nitrogens with zero attached hydrogens (tertiary/aromatic N) is 1. The van der Waals surface area contributed by atoms with Crippen LogP contribution in [0, 0.1) is 11.7 Å². The molecule has 1 aliphatic heterocycles. The Bertz CT molecular complexity index is 666. The van der Waals surface area contributed by atoms with Gasteiger partial charge in [0.15, 0.2) is 0 Å². The van der Waals surface area contributed by atoms with Gasteiger partial charge < -0.3 is 0 Å². The number of halogens is 1. The van der Waals surface area contributed by atoms with Crippen molar-refractivity contribution in [3.05, 3.63) is 71.0 Å². The molecule has 2 aromatic rings. The Morgan fingerprint density at radius 1 is 0.952 bits per heavy atom. The molecule has 0 spiro atoms. The van der Waals surface area contributed by atoms with Crippen LogP contribution in [0.2, 0.25) is 0 Å². The van der Waals surface area contributed by atoms with Crippen LogP contribution in [-0.4, -0.2) is 18.5 Å². The zero-order valence-corrected chi connectivity index (χ0v) is 12.3. The second kappa shape index (κ2) is 4.96. The van der Waals surface area contributed by atoms with Crippen molar-refractivity contribution < 1.29 is 4.39 Å². The smallest absolute Gasteiger partial charge is 0.127 e. The van der Waals surface area contributed by atoms with Gasteiger partial charge in [-0.3, -0.25) is 4.90 Å². The molecule has 1 fully saturated rings. The Kier molecular flexibility index (Phi) is 3.07. The maximum atomic E-state index is 14.4. The van der Waals surface area contributed by atoms with E-state index in [1.165, 1.54) is 24.0 Å². The molecule has 4 rings (SSSR count). The Labute approximate surface area is 125 Å². The minimum atomic E-state index is -0.0637. The summed E-state index contributed by atoms with van der Waals surface area (Å²) in [5, 5.41) is 0. The highest BCUT2D eigenvalue weighted by Crippen LogP contribution is 2.54. The lowest BCUT2D eigenvalue weighted by atomic mass is 9.80. The molecule has 2 aliphatic rings. The number of hydrogen-bond donors (Lipinski definition) is 0. The van der Waals surface area contributed by atoms with E-state index in [1.807, 2.05) is 12.1 Å². The van der Waals surface area contributed by atoms with Crippen molar-refractivity contribution >= 4 is 0 Å². The van der Waals surface area contributed by atoms with Crippen LogP contribution in [0.1, 0.15) is 41.5 Å². The van der Waals surface area contributed by atoms with Gasteiger partial charge in [0.1, 0.15) is 5.82 Å². The zero-order chi connectivity index (χ0) is 14.4. The first-order chi connectivity index (χ1) is 10.3. The molecule has 1 aliphatic carbocycles. The molecule has 1 nitrogen and oxygen atoms in total. The summed E-state index contributed by atoms with van der Waals surface area (Å²) in [4.78, 5) is 2.45. The molecular formula is C19H20FN. The lowest BCUT2D eigenvalue weighted by Crippen LogP contribution is -2.35. The minimum absolute atomic E-state index is 0.0637. The molecule has 0 amide bonds. The molecule has 0 aromatic heterocycles. The number of rotatable bonds is 1. The van der Waals surface area contributed by atoms with E-state index in [0.717, 1.165) is 12.1 Å². The maximum absolute atomic E-state index is 14.4. The summed E-state index contributed by atoms with van der Waals surface area (Å²) < 4.78 is 14.4. The van der Waals surface area contributed by atoms with Gasteiger partial charge in [0, 0.05) is 12.0 Å². The van der Waals surface area contributed by atoms with E-state index in [-0.39, 0.29) is 11.7 Å². The fourth-order valence-corrected chi connectivity index (χ4v) is 4.44.